The van der Waals surface area contributed by atoms with Crippen molar-refractivity contribution in [3.63, 3.8) is 0 Å². The molecule has 0 N–H and O–H groups in total. The maximum absolute atomic E-state index is 3.15. The van der Waals surface area contributed by atoms with Crippen molar-refractivity contribution in [1.29, 1.82) is 0 Å². The Morgan fingerprint density at radius 2 is 1.43 bits per heavy atom. The van der Waals surface area contributed by atoms with Gasteiger partial charge in [0.1, 0.15) is 0 Å². The molecule has 1 nitrogen and oxygen atoms in total. The van der Waals surface area contributed by atoms with Gasteiger partial charge in [-0.2, -0.15) is 0 Å². The van der Waals surface area contributed by atoms with Crippen LogP contribution in [0.25, 0.3) is 0 Å². The smallest absolute Gasteiger partial charge is 0.0365 e. The average Bonchev–Trinajstić information content (AvgIpc) is 2.22. The Morgan fingerprint density at radius 3 is 1.79 bits per heavy atom. The largest absolute Gasteiger partial charge is 0.372 e. The molecule has 0 heterocycles. The Hall–Kier alpha value is -0.500. The minimum atomic E-state index is 1.06. The van der Waals surface area contributed by atoms with Gasteiger partial charge in [-0.3, -0.25) is 0 Å². The Labute approximate surface area is 96.3 Å². The highest BCUT2D eigenvalue weighted by atomic mass is 79.9. The van der Waals surface area contributed by atoms with Crippen LogP contribution in [-0.4, -0.2) is 18.4 Å². The van der Waals surface area contributed by atoms with Crippen LogP contribution in [0, 0.1) is 0 Å². The van der Waals surface area contributed by atoms with Gasteiger partial charge in [-0.15, -0.1) is 0 Å². The molecule has 0 aliphatic heterocycles. The van der Waals surface area contributed by atoms with E-state index < -0.39 is 0 Å². The third kappa shape index (κ3) is 5.28. The van der Waals surface area contributed by atoms with Gasteiger partial charge >= 0.3 is 0 Å². The standard InChI is InChI=1S/C10H15N.C2H5Br/c1-3-11(4-2)10-8-6-5-7-9-10;1-2-3/h5-9H,3-4H2,1-2H3;2H2,1H3. The third-order valence-corrected chi connectivity index (χ3v) is 1.88. The molecule has 0 atom stereocenters. The van der Waals surface area contributed by atoms with Gasteiger partial charge in [0.2, 0.25) is 0 Å². The lowest BCUT2D eigenvalue weighted by Gasteiger charge is -2.20. The van der Waals surface area contributed by atoms with E-state index in [9.17, 15) is 0 Å². The number of nitrogens with zero attached hydrogens (tertiary/aromatic N) is 1. The first-order chi connectivity index (χ1) is 6.79. The van der Waals surface area contributed by atoms with Gasteiger partial charge in [-0.05, 0) is 26.0 Å². The zero-order chi connectivity index (χ0) is 10.8. The first-order valence-electron chi connectivity index (χ1n) is 5.16. The van der Waals surface area contributed by atoms with E-state index in [0.717, 1.165) is 18.4 Å². The van der Waals surface area contributed by atoms with E-state index in [4.69, 9.17) is 0 Å². The van der Waals surface area contributed by atoms with E-state index in [2.05, 4.69) is 58.9 Å². The summed E-state index contributed by atoms with van der Waals surface area (Å²) in [6.07, 6.45) is 0. The molecule has 1 aromatic rings. The molecule has 0 unspecified atom stereocenters. The molecule has 0 bridgehead atoms. The first-order valence-corrected chi connectivity index (χ1v) is 6.28. The van der Waals surface area contributed by atoms with Crippen molar-refractivity contribution in [1.82, 2.24) is 0 Å². The van der Waals surface area contributed by atoms with Crippen LogP contribution in [0.4, 0.5) is 5.69 Å². The second-order valence-corrected chi connectivity index (χ2v) is 3.90. The number of anilines is 1. The molecule has 1 aromatic carbocycles. The van der Waals surface area contributed by atoms with Crippen molar-refractivity contribution in [3.8, 4) is 0 Å². The number of hydrogen-bond donors (Lipinski definition) is 0. The minimum absolute atomic E-state index is 1.06. The molecule has 0 fully saturated rings. The summed E-state index contributed by atoms with van der Waals surface area (Å²) in [5.74, 6) is 0. The van der Waals surface area contributed by atoms with Gasteiger partial charge in [-0.25, -0.2) is 0 Å². The summed E-state index contributed by atoms with van der Waals surface area (Å²) >= 11 is 3.15. The quantitative estimate of drug-likeness (QED) is 0.742. The van der Waals surface area contributed by atoms with Crippen LogP contribution in [0.5, 0.6) is 0 Å². The summed E-state index contributed by atoms with van der Waals surface area (Å²) in [6, 6.07) is 10.5. The summed E-state index contributed by atoms with van der Waals surface area (Å²) in [5, 5.41) is 1.06. The van der Waals surface area contributed by atoms with E-state index in [1.165, 1.54) is 5.69 Å². The summed E-state index contributed by atoms with van der Waals surface area (Å²) in [4.78, 5) is 2.33. The number of rotatable bonds is 3. The zero-order valence-corrected chi connectivity index (χ0v) is 10.9. The highest BCUT2D eigenvalue weighted by Crippen LogP contribution is 2.11. The van der Waals surface area contributed by atoms with Crippen LogP contribution in [0.1, 0.15) is 20.8 Å². The predicted molar refractivity (Wildman–Crippen MR) is 69.5 cm³/mol. The number of halogens is 1. The van der Waals surface area contributed by atoms with Crippen LogP contribution >= 0.6 is 15.9 Å². The number of alkyl halides is 1. The Morgan fingerprint density at radius 1 is 1.00 bits per heavy atom. The summed E-state index contributed by atoms with van der Waals surface area (Å²) < 4.78 is 0. The highest BCUT2D eigenvalue weighted by molar-refractivity contribution is 9.09. The van der Waals surface area contributed by atoms with Crippen molar-refractivity contribution < 1.29 is 0 Å². The van der Waals surface area contributed by atoms with Crippen molar-refractivity contribution in [2.45, 2.75) is 20.8 Å². The molecule has 0 aliphatic rings. The SMILES string of the molecule is CCBr.CCN(CC)c1ccccc1. The van der Waals surface area contributed by atoms with E-state index in [-0.39, 0.29) is 0 Å². The Balaban J connectivity index is 0.000000500. The van der Waals surface area contributed by atoms with Gasteiger partial charge in [0.25, 0.3) is 0 Å². The lowest BCUT2D eigenvalue weighted by atomic mass is 10.3. The Bertz CT molecular complexity index is 207. The van der Waals surface area contributed by atoms with Gasteiger partial charge in [0.05, 0.1) is 0 Å². The molecule has 1 rings (SSSR count). The summed E-state index contributed by atoms with van der Waals surface area (Å²) in [7, 11) is 0. The van der Waals surface area contributed by atoms with Crippen molar-refractivity contribution >= 4 is 21.6 Å². The predicted octanol–water partition coefficient (Wildman–Crippen LogP) is 3.93. The summed E-state index contributed by atoms with van der Waals surface area (Å²) in [6.45, 7) is 8.56. The van der Waals surface area contributed by atoms with Crippen LogP contribution in [0.15, 0.2) is 30.3 Å². The topological polar surface area (TPSA) is 3.24 Å². The fraction of sp³-hybridized carbons (Fsp3) is 0.500. The molecule has 0 spiro atoms. The third-order valence-electron chi connectivity index (χ3n) is 1.88. The molecule has 2 heteroatoms. The maximum atomic E-state index is 3.15. The molecule has 0 aliphatic carbocycles. The van der Waals surface area contributed by atoms with E-state index in [1.54, 1.807) is 0 Å². The van der Waals surface area contributed by atoms with Crippen molar-refractivity contribution in [2.75, 3.05) is 23.3 Å². The number of para-hydroxylation sites is 1. The van der Waals surface area contributed by atoms with Crippen molar-refractivity contribution in [2.24, 2.45) is 0 Å². The van der Waals surface area contributed by atoms with Crippen LogP contribution in [0.2, 0.25) is 0 Å². The Kier molecular flexibility index (Phi) is 8.75. The second-order valence-electron chi connectivity index (χ2n) is 2.78. The fourth-order valence-corrected chi connectivity index (χ4v) is 1.23. The molecular formula is C12H20BrN. The number of benzene rings is 1. The minimum Gasteiger partial charge on any atom is -0.372 e. The average molecular weight is 258 g/mol. The van der Waals surface area contributed by atoms with E-state index in [0.29, 0.717) is 0 Å². The molecule has 0 aromatic heterocycles. The van der Waals surface area contributed by atoms with Crippen molar-refractivity contribution in [3.05, 3.63) is 30.3 Å². The zero-order valence-electron chi connectivity index (χ0n) is 9.33. The number of hydrogen-bond acceptors (Lipinski definition) is 1. The molecule has 0 saturated carbocycles. The molecule has 14 heavy (non-hydrogen) atoms. The molecular weight excluding hydrogens is 238 g/mol. The van der Waals surface area contributed by atoms with Gasteiger partial charge < -0.3 is 4.90 Å². The lowest BCUT2D eigenvalue weighted by Crippen LogP contribution is -2.21. The maximum Gasteiger partial charge on any atom is 0.0365 e. The van der Waals surface area contributed by atoms with Crippen LogP contribution in [-0.2, 0) is 0 Å². The summed E-state index contributed by atoms with van der Waals surface area (Å²) in [5.41, 5.74) is 1.32. The van der Waals surface area contributed by atoms with Gasteiger partial charge in [-0.1, -0.05) is 41.1 Å². The van der Waals surface area contributed by atoms with Gasteiger partial charge in [0, 0.05) is 24.1 Å². The molecule has 0 saturated heterocycles. The molecule has 0 amide bonds. The second kappa shape index (κ2) is 9.07. The van der Waals surface area contributed by atoms with Crippen LogP contribution in [0.3, 0.4) is 0 Å². The first kappa shape index (κ1) is 13.5. The molecule has 80 valence electrons. The fourth-order valence-electron chi connectivity index (χ4n) is 1.23. The lowest BCUT2D eigenvalue weighted by molar-refractivity contribution is 0.866. The van der Waals surface area contributed by atoms with E-state index in [1.807, 2.05) is 13.0 Å². The normalized spacial score (nSPS) is 8.86. The monoisotopic (exact) mass is 257 g/mol. The highest BCUT2D eigenvalue weighted by Gasteiger charge is 1.97. The van der Waals surface area contributed by atoms with E-state index >= 15 is 0 Å². The van der Waals surface area contributed by atoms with Crippen LogP contribution < -0.4 is 4.90 Å². The van der Waals surface area contributed by atoms with Gasteiger partial charge in [0.15, 0.2) is 0 Å². The molecule has 0 radical (unpaired) electrons.